The number of anilines is 1. The molecule has 5 heterocycles. The van der Waals surface area contributed by atoms with Crippen molar-refractivity contribution in [2.45, 2.75) is 50.7 Å². The highest BCUT2D eigenvalue weighted by Crippen LogP contribution is 2.36. The molecule has 3 fully saturated rings. The smallest absolute Gasteiger partial charge is 0.337 e. The number of nitriles is 1. The molecular weight excluding hydrogens is 551 g/mol. The summed E-state index contributed by atoms with van der Waals surface area (Å²) in [7, 11) is 1.39. The van der Waals surface area contributed by atoms with Crippen molar-refractivity contribution in [3.63, 3.8) is 0 Å². The maximum Gasteiger partial charge on any atom is 0.337 e. The number of halogens is 1. The van der Waals surface area contributed by atoms with E-state index in [9.17, 15) is 9.18 Å². The van der Waals surface area contributed by atoms with Crippen LogP contribution >= 0.6 is 0 Å². The number of methoxy groups -OCH3 is 1. The zero-order chi connectivity index (χ0) is 29.5. The van der Waals surface area contributed by atoms with E-state index in [0.717, 1.165) is 55.0 Å². The first-order valence-electron chi connectivity index (χ1n) is 14.5. The van der Waals surface area contributed by atoms with Crippen LogP contribution in [0.2, 0.25) is 0 Å². The highest BCUT2D eigenvalue weighted by Gasteiger charge is 2.41. The number of piperidine rings is 1. The molecule has 0 saturated carbocycles. The van der Waals surface area contributed by atoms with Crippen LogP contribution in [-0.4, -0.2) is 64.3 Å². The van der Waals surface area contributed by atoms with E-state index in [0.29, 0.717) is 42.2 Å². The molecule has 2 aromatic carbocycles. The first kappa shape index (κ1) is 27.3. The quantitative estimate of drug-likeness (QED) is 0.276. The lowest BCUT2D eigenvalue weighted by Crippen LogP contribution is -2.41. The highest BCUT2D eigenvalue weighted by molar-refractivity contribution is 5.93. The summed E-state index contributed by atoms with van der Waals surface area (Å²) in [6.45, 7) is 3.18. The van der Waals surface area contributed by atoms with E-state index in [1.807, 2.05) is 30.3 Å². The van der Waals surface area contributed by atoms with E-state index >= 15 is 0 Å². The summed E-state index contributed by atoms with van der Waals surface area (Å²) in [5.74, 6) is 1.37. The first-order valence-corrected chi connectivity index (χ1v) is 14.5. The van der Waals surface area contributed by atoms with Gasteiger partial charge in [-0.05, 0) is 49.2 Å². The molecule has 10 nitrogen and oxygen atoms in total. The fourth-order valence-electron chi connectivity index (χ4n) is 6.38. The second kappa shape index (κ2) is 11.3. The molecule has 3 saturated heterocycles. The van der Waals surface area contributed by atoms with Gasteiger partial charge in [-0.2, -0.15) is 10.2 Å². The van der Waals surface area contributed by atoms with Crippen molar-refractivity contribution in [2.75, 3.05) is 31.7 Å². The van der Waals surface area contributed by atoms with Gasteiger partial charge >= 0.3 is 5.97 Å². The lowest BCUT2D eigenvalue weighted by atomic mass is 10.0. The zero-order valence-corrected chi connectivity index (χ0v) is 23.8. The van der Waals surface area contributed by atoms with Crippen LogP contribution in [0.5, 0.6) is 5.88 Å². The number of hydrogen-bond acceptors (Lipinski definition) is 9. The second-order valence-electron chi connectivity index (χ2n) is 11.2. The minimum Gasteiger partial charge on any atom is -0.473 e. The van der Waals surface area contributed by atoms with Crippen LogP contribution in [0.4, 0.5) is 10.2 Å². The Balaban J connectivity index is 1.06. The Kier molecular flexibility index (Phi) is 7.16. The normalized spacial score (nSPS) is 21.4. The molecule has 220 valence electrons. The van der Waals surface area contributed by atoms with Gasteiger partial charge in [-0.15, -0.1) is 0 Å². The fourth-order valence-corrected chi connectivity index (χ4v) is 6.38. The predicted octanol–water partition coefficient (Wildman–Crippen LogP) is 4.58. The van der Waals surface area contributed by atoms with Gasteiger partial charge in [0.1, 0.15) is 30.3 Å². The third-order valence-electron chi connectivity index (χ3n) is 8.71. The molecule has 3 aliphatic rings. The lowest BCUT2D eigenvalue weighted by Gasteiger charge is -2.34. The molecule has 11 heteroatoms. The van der Waals surface area contributed by atoms with Crippen LogP contribution in [0, 0.1) is 17.1 Å². The second-order valence-corrected chi connectivity index (χ2v) is 11.2. The Bertz CT molecular complexity index is 1730. The van der Waals surface area contributed by atoms with Gasteiger partial charge in [-0.1, -0.05) is 12.1 Å². The van der Waals surface area contributed by atoms with Gasteiger partial charge in [0.25, 0.3) is 0 Å². The summed E-state index contributed by atoms with van der Waals surface area (Å²) < 4.78 is 33.1. The van der Waals surface area contributed by atoms with E-state index in [2.05, 4.69) is 14.4 Å². The van der Waals surface area contributed by atoms with E-state index in [-0.39, 0.29) is 24.4 Å². The average Bonchev–Trinajstić information content (AvgIpc) is 3.53. The number of pyridine rings is 1. The number of esters is 1. The standard InChI is InChI=1S/C32H31FN6O4/c1-41-32(40)21-7-8-26-27(14-21)39(31-10-12-42-31)29(35-26)18-37-11-9-23-15-24(37)17-38(23)28-3-2-4-30(36-28)43-19-22-6-5-20(16-34)13-25(22)33/h2-8,13-14,23-24,31H,9-12,15,17-19H2,1H3/t23-,24+,31?/m1/s1. The molecule has 0 amide bonds. The Morgan fingerprint density at radius 1 is 1.14 bits per heavy atom. The largest absolute Gasteiger partial charge is 0.473 e. The molecule has 0 radical (unpaired) electrons. The monoisotopic (exact) mass is 582 g/mol. The van der Waals surface area contributed by atoms with Crippen molar-refractivity contribution in [3.05, 3.63) is 82.9 Å². The molecule has 3 atom stereocenters. The summed E-state index contributed by atoms with van der Waals surface area (Å²) in [5.41, 5.74) is 2.86. The summed E-state index contributed by atoms with van der Waals surface area (Å²) in [4.78, 5) is 26.8. The number of nitrogens with zero attached hydrogens (tertiary/aromatic N) is 6. The minimum atomic E-state index is -0.468. The Labute approximate surface area is 248 Å². The average molecular weight is 583 g/mol. The van der Waals surface area contributed by atoms with Crippen molar-refractivity contribution in [2.24, 2.45) is 0 Å². The maximum atomic E-state index is 14.3. The zero-order valence-electron chi connectivity index (χ0n) is 23.8. The van der Waals surface area contributed by atoms with Gasteiger partial charge in [-0.3, -0.25) is 9.47 Å². The van der Waals surface area contributed by atoms with Crippen molar-refractivity contribution in [1.82, 2.24) is 19.4 Å². The minimum absolute atomic E-state index is 0.0284. The first-order chi connectivity index (χ1) is 21.0. The molecule has 4 aromatic rings. The number of ether oxygens (including phenoxy) is 3. The molecule has 7 rings (SSSR count). The van der Waals surface area contributed by atoms with Gasteiger partial charge < -0.3 is 19.1 Å². The van der Waals surface area contributed by atoms with Crippen molar-refractivity contribution in [3.8, 4) is 11.9 Å². The van der Waals surface area contributed by atoms with E-state index in [4.69, 9.17) is 29.4 Å². The number of carbonyl (C=O) groups is 1. The van der Waals surface area contributed by atoms with Crippen LogP contribution in [-0.2, 0) is 22.6 Å². The predicted molar refractivity (Wildman–Crippen MR) is 155 cm³/mol. The lowest BCUT2D eigenvalue weighted by molar-refractivity contribution is -0.0993. The number of carbonyl (C=O) groups excluding carboxylic acids is 1. The van der Waals surface area contributed by atoms with Gasteiger partial charge in [0.05, 0.1) is 48.5 Å². The number of aromatic nitrogens is 3. The molecule has 2 aromatic heterocycles. The molecule has 43 heavy (non-hydrogen) atoms. The number of fused-ring (bicyclic) bond motifs is 3. The van der Waals surface area contributed by atoms with Gasteiger partial charge in [0.2, 0.25) is 5.88 Å². The molecule has 1 unspecified atom stereocenters. The molecule has 3 aliphatic heterocycles. The highest BCUT2D eigenvalue weighted by atomic mass is 19.1. The Hall–Kier alpha value is -4.53. The van der Waals surface area contributed by atoms with Crippen molar-refractivity contribution in [1.29, 1.82) is 5.26 Å². The van der Waals surface area contributed by atoms with Gasteiger partial charge in [-0.25, -0.2) is 14.2 Å². The summed E-state index contributed by atoms with van der Waals surface area (Å²) >= 11 is 0. The topological polar surface area (TPSA) is 106 Å². The molecule has 0 N–H and O–H groups in total. The van der Waals surface area contributed by atoms with E-state index in [1.165, 1.54) is 13.2 Å². The summed E-state index contributed by atoms with van der Waals surface area (Å²) in [5, 5.41) is 8.97. The summed E-state index contributed by atoms with van der Waals surface area (Å²) in [6.07, 6.45) is 2.83. The third-order valence-corrected chi connectivity index (χ3v) is 8.71. The van der Waals surface area contributed by atoms with Crippen molar-refractivity contribution < 1.29 is 23.4 Å². The number of rotatable bonds is 8. The SMILES string of the molecule is COC(=O)c1ccc2nc(CN3CC[C@@H]4C[C@H]3CN4c3cccc(OCc4ccc(C#N)cc4F)n3)n(C3CCO3)c2c1. The Morgan fingerprint density at radius 2 is 2.02 bits per heavy atom. The molecule has 0 spiro atoms. The van der Waals surface area contributed by atoms with Gasteiger partial charge in [0, 0.05) is 43.2 Å². The van der Waals surface area contributed by atoms with Crippen LogP contribution in [0.1, 0.15) is 52.8 Å². The number of likely N-dealkylation sites (tertiary alicyclic amines) is 1. The van der Waals surface area contributed by atoms with Crippen LogP contribution in [0.25, 0.3) is 11.0 Å². The molecule has 0 aliphatic carbocycles. The number of imidazole rings is 1. The molecular formula is C32H31FN6O4. The van der Waals surface area contributed by atoms with Gasteiger partial charge in [0.15, 0.2) is 0 Å². The maximum absolute atomic E-state index is 14.3. The number of benzene rings is 2. The number of hydrogen-bond donors (Lipinski definition) is 0. The summed E-state index contributed by atoms with van der Waals surface area (Å²) in [6, 6.07) is 18.2. The van der Waals surface area contributed by atoms with E-state index < -0.39 is 5.82 Å². The van der Waals surface area contributed by atoms with Crippen LogP contribution in [0.3, 0.4) is 0 Å². The fraction of sp³-hybridized carbons (Fsp3) is 0.375. The van der Waals surface area contributed by atoms with Crippen LogP contribution < -0.4 is 9.64 Å². The molecule has 2 bridgehead atoms. The third kappa shape index (κ3) is 5.17. The van der Waals surface area contributed by atoms with E-state index in [1.54, 1.807) is 24.3 Å². The Morgan fingerprint density at radius 3 is 2.79 bits per heavy atom. The van der Waals surface area contributed by atoms with Crippen LogP contribution in [0.15, 0.2) is 54.6 Å². The van der Waals surface area contributed by atoms with Crippen molar-refractivity contribution >= 4 is 22.8 Å².